The minimum absolute atomic E-state index is 0.773. The number of nitrogens with one attached hydrogen (secondary N) is 1. The van der Waals surface area contributed by atoms with Gasteiger partial charge in [-0.1, -0.05) is 12.1 Å². The highest BCUT2D eigenvalue weighted by Gasteiger charge is 2.14. The van der Waals surface area contributed by atoms with Crippen LogP contribution >= 0.6 is 0 Å². The highest BCUT2D eigenvalue weighted by molar-refractivity contribution is 6.60. The number of hydrogen-bond donors (Lipinski definition) is 2. The van der Waals surface area contributed by atoms with Gasteiger partial charge in [0.15, 0.2) is 0 Å². The molecule has 0 amide bonds. The first-order chi connectivity index (χ1) is 6.31. The summed E-state index contributed by atoms with van der Waals surface area (Å²) in [6.07, 6.45) is 1.87. The Morgan fingerprint density at radius 2 is 2.23 bits per heavy atom. The molecule has 0 spiro atoms. The smallest absolute Gasteiger partial charge is 0.423 e. The van der Waals surface area contributed by atoms with Crippen molar-refractivity contribution in [3.05, 3.63) is 30.5 Å². The lowest BCUT2D eigenvalue weighted by atomic mass is 9.79. The highest BCUT2D eigenvalue weighted by Crippen LogP contribution is 2.09. The Morgan fingerprint density at radius 1 is 1.38 bits per heavy atom. The van der Waals surface area contributed by atoms with E-state index in [4.69, 9.17) is 4.65 Å². The van der Waals surface area contributed by atoms with Crippen molar-refractivity contribution in [2.45, 2.75) is 0 Å². The molecule has 1 heterocycles. The topological polar surface area (TPSA) is 45.2 Å². The fourth-order valence-corrected chi connectivity index (χ4v) is 1.36. The van der Waals surface area contributed by atoms with Crippen molar-refractivity contribution in [2.24, 2.45) is 0 Å². The maximum Gasteiger partial charge on any atom is 0.490 e. The molecule has 0 bridgehead atoms. The second-order valence-corrected chi connectivity index (χ2v) is 2.91. The summed E-state index contributed by atoms with van der Waals surface area (Å²) < 4.78 is 4.81. The van der Waals surface area contributed by atoms with Crippen molar-refractivity contribution in [3.8, 4) is 0 Å². The Bertz CT molecular complexity index is 413. The van der Waals surface area contributed by atoms with Crippen LogP contribution in [0.3, 0.4) is 0 Å². The van der Waals surface area contributed by atoms with Crippen LogP contribution in [0.15, 0.2) is 30.5 Å². The first kappa shape index (κ1) is 8.35. The number of fused-ring (bicyclic) bond motifs is 1. The van der Waals surface area contributed by atoms with Gasteiger partial charge in [0, 0.05) is 18.8 Å². The lowest BCUT2D eigenvalue weighted by Gasteiger charge is -2.02. The van der Waals surface area contributed by atoms with E-state index in [0.29, 0.717) is 0 Å². The van der Waals surface area contributed by atoms with Crippen LogP contribution in [0.5, 0.6) is 0 Å². The van der Waals surface area contributed by atoms with Crippen molar-refractivity contribution in [1.29, 1.82) is 0 Å². The predicted molar refractivity (Wildman–Crippen MR) is 52.9 cm³/mol. The zero-order chi connectivity index (χ0) is 9.26. The van der Waals surface area contributed by atoms with Crippen molar-refractivity contribution in [1.82, 2.24) is 4.98 Å². The molecular formula is C9H10BNO2. The molecule has 66 valence electrons. The first-order valence-corrected chi connectivity index (χ1v) is 4.09. The van der Waals surface area contributed by atoms with E-state index in [1.54, 1.807) is 0 Å². The Balaban J connectivity index is 2.48. The number of aromatic nitrogens is 1. The van der Waals surface area contributed by atoms with E-state index in [9.17, 15) is 5.02 Å². The van der Waals surface area contributed by atoms with Gasteiger partial charge >= 0.3 is 7.12 Å². The van der Waals surface area contributed by atoms with Crippen molar-refractivity contribution < 1.29 is 9.68 Å². The normalized spacial score (nSPS) is 10.6. The fraction of sp³-hybridized carbons (Fsp3) is 0.111. The number of benzene rings is 1. The van der Waals surface area contributed by atoms with Gasteiger partial charge in [0.05, 0.1) is 0 Å². The monoisotopic (exact) mass is 175 g/mol. The van der Waals surface area contributed by atoms with Crippen molar-refractivity contribution >= 4 is 23.5 Å². The fourth-order valence-electron chi connectivity index (χ4n) is 1.36. The lowest BCUT2D eigenvalue weighted by molar-refractivity contribution is 0.341. The molecule has 0 atom stereocenters. The van der Waals surface area contributed by atoms with Crippen LogP contribution in [0, 0.1) is 0 Å². The van der Waals surface area contributed by atoms with Gasteiger partial charge < -0.3 is 14.7 Å². The number of aromatic amines is 1. The SMILES string of the molecule is COB(O)c1ccc2[nH]ccc2c1. The Hall–Kier alpha value is -1.26. The van der Waals surface area contributed by atoms with E-state index >= 15 is 0 Å². The molecule has 0 aliphatic rings. The summed E-state index contributed by atoms with van der Waals surface area (Å²) in [4.78, 5) is 3.08. The van der Waals surface area contributed by atoms with Crippen molar-refractivity contribution in [2.75, 3.05) is 7.11 Å². The predicted octanol–water partition coefficient (Wildman–Crippen LogP) is 0.502. The quantitative estimate of drug-likeness (QED) is 0.652. The van der Waals surface area contributed by atoms with E-state index in [0.717, 1.165) is 16.4 Å². The Morgan fingerprint density at radius 3 is 3.00 bits per heavy atom. The van der Waals surface area contributed by atoms with E-state index in [1.165, 1.54) is 7.11 Å². The minimum atomic E-state index is -0.834. The molecule has 2 N–H and O–H groups in total. The molecule has 0 saturated heterocycles. The summed E-state index contributed by atoms with van der Waals surface area (Å²) in [5.41, 5.74) is 1.83. The molecule has 1 aromatic carbocycles. The molecule has 0 saturated carbocycles. The standard InChI is InChI=1S/C9H10BNO2/c1-13-10(12)8-2-3-9-7(6-8)4-5-11-9/h2-6,11-12H,1H3. The summed E-state index contributed by atoms with van der Waals surface area (Å²) in [6, 6.07) is 7.63. The number of rotatable bonds is 2. The van der Waals surface area contributed by atoms with Gasteiger partial charge in [-0.05, 0) is 23.0 Å². The maximum atomic E-state index is 9.39. The zero-order valence-corrected chi connectivity index (χ0v) is 7.32. The van der Waals surface area contributed by atoms with Crippen LogP contribution in [-0.2, 0) is 4.65 Å². The summed E-state index contributed by atoms with van der Waals surface area (Å²) >= 11 is 0. The Labute approximate surface area is 76.5 Å². The molecule has 0 aliphatic carbocycles. The molecular weight excluding hydrogens is 165 g/mol. The Kier molecular flexibility index (Phi) is 2.08. The third-order valence-corrected chi connectivity index (χ3v) is 2.09. The molecule has 13 heavy (non-hydrogen) atoms. The molecule has 2 rings (SSSR count). The minimum Gasteiger partial charge on any atom is -0.423 e. The molecule has 0 fully saturated rings. The third-order valence-electron chi connectivity index (χ3n) is 2.09. The average Bonchev–Trinajstić information content (AvgIpc) is 2.63. The van der Waals surface area contributed by atoms with Gasteiger partial charge in [0.25, 0.3) is 0 Å². The summed E-state index contributed by atoms with van der Waals surface area (Å²) in [5.74, 6) is 0. The largest absolute Gasteiger partial charge is 0.490 e. The molecule has 3 nitrogen and oxygen atoms in total. The van der Waals surface area contributed by atoms with E-state index < -0.39 is 7.12 Å². The third kappa shape index (κ3) is 1.46. The maximum absolute atomic E-state index is 9.39. The van der Waals surface area contributed by atoms with Crippen LogP contribution in [-0.4, -0.2) is 24.2 Å². The molecule has 4 heteroatoms. The first-order valence-electron chi connectivity index (χ1n) is 4.09. The van der Waals surface area contributed by atoms with Gasteiger partial charge in [0.1, 0.15) is 0 Å². The van der Waals surface area contributed by atoms with Crippen molar-refractivity contribution in [3.63, 3.8) is 0 Å². The average molecular weight is 175 g/mol. The van der Waals surface area contributed by atoms with Gasteiger partial charge in [0.2, 0.25) is 0 Å². The van der Waals surface area contributed by atoms with Gasteiger partial charge in [-0.25, -0.2) is 0 Å². The molecule has 2 aromatic rings. The van der Waals surface area contributed by atoms with Crippen LogP contribution in [0.2, 0.25) is 0 Å². The molecule has 0 aliphatic heterocycles. The van der Waals surface area contributed by atoms with Crippen LogP contribution in [0.25, 0.3) is 10.9 Å². The van der Waals surface area contributed by atoms with E-state index in [1.807, 2.05) is 30.5 Å². The van der Waals surface area contributed by atoms with E-state index in [2.05, 4.69) is 4.98 Å². The highest BCUT2D eigenvalue weighted by atomic mass is 16.5. The van der Waals surface area contributed by atoms with Crippen LogP contribution < -0.4 is 5.46 Å². The zero-order valence-electron chi connectivity index (χ0n) is 7.32. The molecule has 1 aromatic heterocycles. The summed E-state index contributed by atoms with van der Waals surface area (Å²) in [7, 11) is 0.644. The second kappa shape index (κ2) is 3.24. The second-order valence-electron chi connectivity index (χ2n) is 2.91. The summed E-state index contributed by atoms with van der Waals surface area (Å²) in [6.45, 7) is 0. The lowest BCUT2D eigenvalue weighted by Crippen LogP contribution is -2.31. The van der Waals surface area contributed by atoms with Gasteiger partial charge in [-0.3, -0.25) is 0 Å². The summed E-state index contributed by atoms with van der Waals surface area (Å²) in [5, 5.41) is 10.5. The molecule has 0 radical (unpaired) electrons. The van der Waals surface area contributed by atoms with E-state index in [-0.39, 0.29) is 0 Å². The van der Waals surface area contributed by atoms with Crippen LogP contribution in [0.1, 0.15) is 0 Å². The van der Waals surface area contributed by atoms with Crippen LogP contribution in [0.4, 0.5) is 0 Å². The van der Waals surface area contributed by atoms with Gasteiger partial charge in [-0.15, -0.1) is 0 Å². The number of hydrogen-bond acceptors (Lipinski definition) is 2. The molecule has 0 unspecified atom stereocenters. The van der Waals surface area contributed by atoms with Gasteiger partial charge in [-0.2, -0.15) is 0 Å². The number of H-pyrrole nitrogens is 1.